The predicted molar refractivity (Wildman–Crippen MR) is 65.5 cm³/mol. The Labute approximate surface area is 102 Å². The number of nitrogen functional groups attached to an aromatic ring is 1. The molecule has 0 heterocycles. The van der Waals surface area contributed by atoms with Gasteiger partial charge in [0.15, 0.2) is 0 Å². The molecule has 0 saturated carbocycles. The number of nitrogens with one attached hydrogen (secondary N) is 1. The lowest BCUT2D eigenvalue weighted by atomic mass is 10.2. The van der Waals surface area contributed by atoms with Crippen LogP contribution in [0.4, 0.5) is 25.8 Å². The normalized spacial score (nSPS) is 10.3. The number of anilines is 3. The van der Waals surface area contributed by atoms with Crippen molar-refractivity contribution in [3.63, 3.8) is 0 Å². The summed E-state index contributed by atoms with van der Waals surface area (Å²) in [5, 5.41) is 3.19. The van der Waals surface area contributed by atoms with Gasteiger partial charge < -0.3 is 11.1 Å². The Kier molecular flexibility index (Phi) is 3.15. The third-order valence-electron chi connectivity index (χ3n) is 2.19. The molecule has 0 bridgehead atoms. The molecule has 0 spiro atoms. The summed E-state index contributed by atoms with van der Waals surface area (Å²) < 4.78 is 25.9. The summed E-state index contributed by atoms with van der Waals surface area (Å²) >= 11 is 5.83. The Morgan fingerprint density at radius 1 is 1.06 bits per heavy atom. The van der Waals surface area contributed by atoms with Gasteiger partial charge in [0.25, 0.3) is 0 Å². The maximum atomic E-state index is 13.0. The van der Waals surface area contributed by atoms with Crippen LogP contribution in [0.5, 0.6) is 0 Å². The van der Waals surface area contributed by atoms with Gasteiger partial charge in [-0.2, -0.15) is 0 Å². The number of nitrogens with two attached hydrogens (primary N) is 1. The highest BCUT2D eigenvalue weighted by atomic mass is 35.5. The van der Waals surface area contributed by atoms with Crippen molar-refractivity contribution < 1.29 is 8.78 Å². The fourth-order valence-corrected chi connectivity index (χ4v) is 1.60. The lowest BCUT2D eigenvalue weighted by Gasteiger charge is -2.10. The zero-order valence-electron chi connectivity index (χ0n) is 8.68. The Bertz CT molecular complexity index is 538. The van der Waals surface area contributed by atoms with E-state index in [2.05, 4.69) is 5.32 Å². The van der Waals surface area contributed by atoms with E-state index in [4.69, 9.17) is 17.3 Å². The van der Waals surface area contributed by atoms with E-state index < -0.39 is 11.6 Å². The summed E-state index contributed by atoms with van der Waals surface area (Å²) in [6.07, 6.45) is 0. The molecule has 3 N–H and O–H groups in total. The van der Waals surface area contributed by atoms with Crippen molar-refractivity contribution in [2.75, 3.05) is 11.1 Å². The molecule has 0 unspecified atom stereocenters. The zero-order chi connectivity index (χ0) is 12.4. The first-order valence-electron chi connectivity index (χ1n) is 4.83. The number of para-hydroxylation sites is 1. The summed E-state index contributed by atoms with van der Waals surface area (Å²) in [5.74, 6) is -1.32. The van der Waals surface area contributed by atoms with Gasteiger partial charge in [0.1, 0.15) is 11.6 Å². The van der Waals surface area contributed by atoms with E-state index in [1.165, 1.54) is 12.1 Å². The SMILES string of the molecule is Nc1c(Cl)cccc1Nc1cc(F)cc(F)c1. The highest BCUT2D eigenvalue weighted by molar-refractivity contribution is 6.33. The molecule has 0 radical (unpaired) electrons. The fourth-order valence-electron chi connectivity index (χ4n) is 1.43. The molecule has 0 atom stereocenters. The van der Waals surface area contributed by atoms with E-state index in [0.717, 1.165) is 6.07 Å². The van der Waals surface area contributed by atoms with Gasteiger partial charge >= 0.3 is 0 Å². The summed E-state index contributed by atoms with van der Waals surface area (Å²) in [4.78, 5) is 0. The largest absolute Gasteiger partial charge is 0.396 e. The maximum Gasteiger partial charge on any atom is 0.128 e. The van der Waals surface area contributed by atoms with Crippen LogP contribution >= 0.6 is 11.6 Å². The number of rotatable bonds is 2. The molecule has 0 amide bonds. The lowest BCUT2D eigenvalue weighted by Crippen LogP contribution is -1.97. The molecule has 2 aromatic rings. The molecule has 0 saturated heterocycles. The van der Waals surface area contributed by atoms with E-state index in [-0.39, 0.29) is 5.69 Å². The molecule has 2 aromatic carbocycles. The average molecular weight is 255 g/mol. The molecule has 2 nitrogen and oxygen atoms in total. The maximum absolute atomic E-state index is 13.0. The second kappa shape index (κ2) is 4.59. The van der Waals surface area contributed by atoms with Crippen LogP contribution in [-0.4, -0.2) is 0 Å². The molecular weight excluding hydrogens is 246 g/mol. The summed E-state index contributed by atoms with van der Waals surface area (Å²) in [7, 11) is 0. The first kappa shape index (κ1) is 11.7. The number of benzene rings is 2. The van der Waals surface area contributed by atoms with Gasteiger partial charge in [0.2, 0.25) is 0 Å². The summed E-state index contributed by atoms with van der Waals surface area (Å²) in [6, 6.07) is 8.13. The van der Waals surface area contributed by atoms with Crippen LogP contribution < -0.4 is 11.1 Å². The first-order chi connectivity index (χ1) is 8.06. The quantitative estimate of drug-likeness (QED) is 0.797. The van der Waals surface area contributed by atoms with Gasteiger partial charge in [-0.15, -0.1) is 0 Å². The van der Waals surface area contributed by atoms with Gasteiger partial charge in [0.05, 0.1) is 16.4 Å². The molecular formula is C12H9ClF2N2. The topological polar surface area (TPSA) is 38.0 Å². The first-order valence-corrected chi connectivity index (χ1v) is 5.21. The lowest BCUT2D eigenvalue weighted by molar-refractivity contribution is 0.584. The van der Waals surface area contributed by atoms with Crippen LogP contribution in [0.2, 0.25) is 5.02 Å². The molecule has 2 rings (SSSR count). The molecule has 0 aliphatic rings. The highest BCUT2D eigenvalue weighted by Gasteiger charge is 2.05. The Balaban J connectivity index is 2.34. The van der Waals surface area contributed by atoms with Gasteiger partial charge in [-0.05, 0) is 24.3 Å². The minimum Gasteiger partial charge on any atom is -0.396 e. The monoisotopic (exact) mass is 254 g/mol. The van der Waals surface area contributed by atoms with Crippen LogP contribution in [0, 0.1) is 11.6 Å². The van der Waals surface area contributed by atoms with Crippen molar-refractivity contribution in [2.24, 2.45) is 0 Å². The molecule has 88 valence electrons. The minimum absolute atomic E-state index is 0.275. The van der Waals surface area contributed by atoms with Crippen molar-refractivity contribution in [1.29, 1.82) is 0 Å². The van der Waals surface area contributed by atoms with Gasteiger partial charge in [-0.25, -0.2) is 8.78 Å². The number of halogens is 3. The van der Waals surface area contributed by atoms with Gasteiger partial charge in [-0.3, -0.25) is 0 Å². The third kappa shape index (κ3) is 2.65. The van der Waals surface area contributed by atoms with E-state index in [1.807, 2.05) is 0 Å². The van der Waals surface area contributed by atoms with E-state index in [1.54, 1.807) is 18.2 Å². The van der Waals surface area contributed by atoms with Crippen molar-refractivity contribution in [2.45, 2.75) is 0 Å². The van der Waals surface area contributed by atoms with Crippen LogP contribution in [0.3, 0.4) is 0 Å². The van der Waals surface area contributed by atoms with Crippen molar-refractivity contribution >= 4 is 28.7 Å². The van der Waals surface area contributed by atoms with E-state index in [0.29, 0.717) is 16.4 Å². The number of hydrogen-bond acceptors (Lipinski definition) is 2. The van der Waals surface area contributed by atoms with Crippen molar-refractivity contribution in [3.05, 3.63) is 53.1 Å². The second-order valence-corrected chi connectivity index (χ2v) is 3.89. The summed E-state index contributed by atoms with van der Waals surface area (Å²) in [5.41, 5.74) is 6.83. The van der Waals surface area contributed by atoms with E-state index in [9.17, 15) is 8.78 Å². The fraction of sp³-hybridized carbons (Fsp3) is 0. The molecule has 0 fully saturated rings. The van der Waals surface area contributed by atoms with E-state index >= 15 is 0 Å². The minimum atomic E-state index is -0.659. The average Bonchev–Trinajstić information content (AvgIpc) is 2.23. The molecule has 5 heteroatoms. The third-order valence-corrected chi connectivity index (χ3v) is 2.52. The molecule has 17 heavy (non-hydrogen) atoms. The standard InChI is InChI=1S/C12H9ClF2N2/c13-10-2-1-3-11(12(10)16)17-9-5-7(14)4-8(15)6-9/h1-6,17H,16H2. The van der Waals surface area contributed by atoms with Crippen LogP contribution in [0.15, 0.2) is 36.4 Å². The van der Waals surface area contributed by atoms with Gasteiger partial charge in [-0.1, -0.05) is 17.7 Å². The Hall–Kier alpha value is -1.81. The van der Waals surface area contributed by atoms with Crippen LogP contribution in [-0.2, 0) is 0 Å². The van der Waals surface area contributed by atoms with Gasteiger partial charge in [0, 0.05) is 11.8 Å². The smallest absolute Gasteiger partial charge is 0.128 e. The van der Waals surface area contributed by atoms with Crippen molar-refractivity contribution in [1.82, 2.24) is 0 Å². The molecule has 0 aromatic heterocycles. The second-order valence-electron chi connectivity index (χ2n) is 3.48. The molecule has 0 aliphatic heterocycles. The van der Waals surface area contributed by atoms with Crippen LogP contribution in [0.1, 0.15) is 0 Å². The molecule has 0 aliphatic carbocycles. The Morgan fingerprint density at radius 2 is 1.71 bits per heavy atom. The van der Waals surface area contributed by atoms with Crippen LogP contribution in [0.25, 0.3) is 0 Å². The zero-order valence-corrected chi connectivity index (χ0v) is 9.43. The highest BCUT2D eigenvalue weighted by Crippen LogP contribution is 2.29. The number of hydrogen-bond donors (Lipinski definition) is 2. The van der Waals surface area contributed by atoms with Crippen molar-refractivity contribution in [3.8, 4) is 0 Å². The Morgan fingerprint density at radius 3 is 2.35 bits per heavy atom. The summed E-state index contributed by atoms with van der Waals surface area (Å²) in [6.45, 7) is 0. The predicted octanol–water partition coefficient (Wildman–Crippen LogP) is 3.94.